The van der Waals surface area contributed by atoms with Crippen LogP contribution in [0.5, 0.6) is 0 Å². The van der Waals surface area contributed by atoms with Crippen molar-refractivity contribution in [1.82, 2.24) is 20.5 Å². The summed E-state index contributed by atoms with van der Waals surface area (Å²) in [6.45, 7) is 1.95. The SMILES string of the molecule is O=C1CCC(N2Cc3cc(CNC4CCNc5ncccc54)ccc3C2=O)C(=O)N1. The van der Waals surface area contributed by atoms with E-state index in [4.69, 9.17) is 0 Å². The number of carbonyl (C=O) groups is 3. The van der Waals surface area contributed by atoms with Crippen LogP contribution in [0.1, 0.15) is 52.4 Å². The van der Waals surface area contributed by atoms with Crippen LogP contribution in [0.3, 0.4) is 0 Å². The van der Waals surface area contributed by atoms with Crippen molar-refractivity contribution in [3.05, 3.63) is 58.8 Å². The molecule has 1 saturated heterocycles. The number of nitrogens with zero attached hydrogens (tertiary/aromatic N) is 2. The standard InChI is InChI=1S/C22H23N5O3/c28-19-6-5-18(21(29)26-19)27-12-14-10-13(3-4-15(14)22(27)30)11-25-17-7-9-24-20-16(17)2-1-8-23-20/h1-4,8,10,17-18,25H,5-7,9,11-12H2,(H,23,24)(H,26,28,29). The summed E-state index contributed by atoms with van der Waals surface area (Å²) in [7, 11) is 0. The molecule has 154 valence electrons. The van der Waals surface area contributed by atoms with Gasteiger partial charge in [0.15, 0.2) is 0 Å². The quantitative estimate of drug-likeness (QED) is 0.666. The van der Waals surface area contributed by atoms with Crippen LogP contribution < -0.4 is 16.0 Å². The van der Waals surface area contributed by atoms with E-state index in [2.05, 4.69) is 27.0 Å². The minimum Gasteiger partial charge on any atom is -0.370 e. The molecule has 0 bridgehead atoms. The Morgan fingerprint density at radius 1 is 1.17 bits per heavy atom. The molecule has 2 atom stereocenters. The van der Waals surface area contributed by atoms with Crippen molar-refractivity contribution in [2.24, 2.45) is 0 Å². The average molecular weight is 405 g/mol. The molecule has 2 unspecified atom stereocenters. The van der Waals surface area contributed by atoms with Gasteiger partial charge in [-0.15, -0.1) is 0 Å². The number of anilines is 1. The Morgan fingerprint density at radius 3 is 2.93 bits per heavy atom. The first-order valence-corrected chi connectivity index (χ1v) is 10.3. The van der Waals surface area contributed by atoms with Crippen molar-refractivity contribution in [2.45, 2.75) is 44.4 Å². The molecule has 4 heterocycles. The van der Waals surface area contributed by atoms with Crippen LogP contribution in [0.25, 0.3) is 0 Å². The molecule has 5 rings (SSSR count). The summed E-state index contributed by atoms with van der Waals surface area (Å²) >= 11 is 0. The highest BCUT2D eigenvalue weighted by Crippen LogP contribution is 2.30. The smallest absolute Gasteiger partial charge is 0.255 e. The first kappa shape index (κ1) is 18.7. The lowest BCUT2D eigenvalue weighted by molar-refractivity contribution is -0.136. The van der Waals surface area contributed by atoms with E-state index >= 15 is 0 Å². The van der Waals surface area contributed by atoms with Gasteiger partial charge in [0.05, 0.1) is 0 Å². The Hall–Kier alpha value is -3.26. The fourth-order valence-corrected chi connectivity index (χ4v) is 4.53. The van der Waals surface area contributed by atoms with Gasteiger partial charge in [0, 0.05) is 49.4 Å². The molecule has 3 amide bonds. The maximum absolute atomic E-state index is 12.8. The summed E-state index contributed by atoms with van der Waals surface area (Å²) in [5, 5.41) is 9.26. The summed E-state index contributed by atoms with van der Waals surface area (Å²) in [5.41, 5.74) is 3.83. The van der Waals surface area contributed by atoms with Gasteiger partial charge in [-0.1, -0.05) is 18.2 Å². The number of hydrogen-bond donors (Lipinski definition) is 3. The van der Waals surface area contributed by atoms with Crippen LogP contribution in [0.15, 0.2) is 36.5 Å². The first-order chi connectivity index (χ1) is 14.6. The van der Waals surface area contributed by atoms with Gasteiger partial charge in [0.1, 0.15) is 11.9 Å². The second-order valence-corrected chi connectivity index (χ2v) is 7.98. The minimum absolute atomic E-state index is 0.141. The number of hydrogen-bond acceptors (Lipinski definition) is 6. The second kappa shape index (κ2) is 7.53. The number of carbonyl (C=O) groups excluding carboxylic acids is 3. The number of aromatic nitrogens is 1. The number of pyridine rings is 1. The van der Waals surface area contributed by atoms with Crippen LogP contribution in [-0.2, 0) is 22.7 Å². The number of rotatable bonds is 4. The molecule has 1 aromatic carbocycles. The van der Waals surface area contributed by atoms with Crippen molar-refractivity contribution < 1.29 is 14.4 Å². The molecule has 1 aromatic heterocycles. The van der Waals surface area contributed by atoms with E-state index in [0.717, 1.165) is 29.9 Å². The van der Waals surface area contributed by atoms with Crippen LogP contribution in [0.4, 0.5) is 5.82 Å². The number of nitrogens with one attached hydrogen (secondary N) is 3. The highest BCUT2D eigenvalue weighted by atomic mass is 16.2. The van der Waals surface area contributed by atoms with Gasteiger partial charge < -0.3 is 15.5 Å². The Balaban J connectivity index is 1.28. The Kier molecular flexibility index (Phi) is 4.71. The summed E-state index contributed by atoms with van der Waals surface area (Å²) in [4.78, 5) is 42.4. The Labute approximate surface area is 174 Å². The minimum atomic E-state index is -0.581. The molecule has 3 aliphatic rings. The van der Waals surface area contributed by atoms with Gasteiger partial charge in [-0.3, -0.25) is 19.7 Å². The monoisotopic (exact) mass is 405 g/mol. The molecule has 0 spiro atoms. The lowest BCUT2D eigenvalue weighted by atomic mass is 10.00. The molecule has 1 fully saturated rings. The second-order valence-electron chi connectivity index (χ2n) is 7.98. The summed E-state index contributed by atoms with van der Waals surface area (Å²) in [6.07, 6.45) is 3.41. The molecule has 3 N–H and O–H groups in total. The van der Waals surface area contributed by atoms with Crippen molar-refractivity contribution in [2.75, 3.05) is 11.9 Å². The molecule has 8 nitrogen and oxygen atoms in total. The van der Waals surface area contributed by atoms with E-state index in [1.807, 2.05) is 24.3 Å². The molecular weight excluding hydrogens is 382 g/mol. The van der Waals surface area contributed by atoms with Gasteiger partial charge in [0.25, 0.3) is 5.91 Å². The van der Waals surface area contributed by atoms with Gasteiger partial charge in [-0.2, -0.15) is 0 Å². The van der Waals surface area contributed by atoms with E-state index in [-0.39, 0.29) is 30.2 Å². The van der Waals surface area contributed by atoms with Crippen LogP contribution in [-0.4, -0.2) is 40.2 Å². The number of imide groups is 1. The molecule has 0 radical (unpaired) electrons. The third kappa shape index (κ3) is 3.33. The molecule has 3 aliphatic heterocycles. The highest BCUT2D eigenvalue weighted by molar-refractivity contribution is 6.05. The molecule has 0 aliphatic carbocycles. The topological polar surface area (TPSA) is 103 Å². The number of benzene rings is 1. The molecule has 30 heavy (non-hydrogen) atoms. The maximum Gasteiger partial charge on any atom is 0.255 e. The Bertz CT molecular complexity index is 1040. The zero-order valence-electron chi connectivity index (χ0n) is 16.5. The predicted octanol–water partition coefficient (Wildman–Crippen LogP) is 1.49. The largest absolute Gasteiger partial charge is 0.370 e. The van der Waals surface area contributed by atoms with Crippen LogP contribution >= 0.6 is 0 Å². The van der Waals surface area contributed by atoms with E-state index in [1.54, 1.807) is 11.1 Å². The lowest BCUT2D eigenvalue weighted by Crippen LogP contribution is -2.52. The lowest BCUT2D eigenvalue weighted by Gasteiger charge is -2.29. The average Bonchev–Trinajstić information content (AvgIpc) is 3.08. The van der Waals surface area contributed by atoms with Gasteiger partial charge in [0.2, 0.25) is 11.8 Å². The van der Waals surface area contributed by atoms with Crippen LogP contribution in [0, 0.1) is 0 Å². The normalized spacial score (nSPS) is 22.9. The Morgan fingerprint density at radius 2 is 2.07 bits per heavy atom. The zero-order chi connectivity index (χ0) is 20.7. The van der Waals surface area contributed by atoms with E-state index < -0.39 is 6.04 Å². The van der Waals surface area contributed by atoms with Gasteiger partial charge in [-0.05, 0) is 36.1 Å². The highest BCUT2D eigenvalue weighted by Gasteiger charge is 2.39. The predicted molar refractivity (Wildman–Crippen MR) is 109 cm³/mol. The first-order valence-electron chi connectivity index (χ1n) is 10.3. The van der Waals surface area contributed by atoms with Gasteiger partial charge >= 0.3 is 0 Å². The fourth-order valence-electron chi connectivity index (χ4n) is 4.53. The third-order valence-corrected chi connectivity index (χ3v) is 6.08. The maximum atomic E-state index is 12.8. The van der Waals surface area contributed by atoms with E-state index in [9.17, 15) is 14.4 Å². The zero-order valence-corrected chi connectivity index (χ0v) is 16.5. The number of piperidine rings is 1. The van der Waals surface area contributed by atoms with E-state index in [0.29, 0.717) is 25.1 Å². The summed E-state index contributed by atoms with van der Waals surface area (Å²) in [6, 6.07) is 9.53. The van der Waals surface area contributed by atoms with E-state index in [1.165, 1.54) is 5.56 Å². The van der Waals surface area contributed by atoms with Crippen molar-refractivity contribution in [3.63, 3.8) is 0 Å². The molecular formula is C22H23N5O3. The number of amides is 3. The fraction of sp³-hybridized carbons (Fsp3) is 0.364. The van der Waals surface area contributed by atoms with Crippen LogP contribution in [0.2, 0.25) is 0 Å². The number of fused-ring (bicyclic) bond motifs is 2. The van der Waals surface area contributed by atoms with Crippen molar-refractivity contribution in [3.8, 4) is 0 Å². The summed E-state index contributed by atoms with van der Waals surface area (Å²) in [5.74, 6) is 0.133. The van der Waals surface area contributed by atoms with Crippen molar-refractivity contribution in [1.29, 1.82) is 0 Å². The molecule has 2 aromatic rings. The van der Waals surface area contributed by atoms with Gasteiger partial charge in [-0.25, -0.2) is 4.98 Å². The molecule has 8 heteroatoms. The third-order valence-electron chi connectivity index (χ3n) is 6.08. The van der Waals surface area contributed by atoms with Crippen molar-refractivity contribution >= 4 is 23.5 Å². The molecule has 0 saturated carbocycles. The summed E-state index contributed by atoms with van der Waals surface area (Å²) < 4.78 is 0.